The summed E-state index contributed by atoms with van der Waals surface area (Å²) >= 11 is 0. The van der Waals surface area contributed by atoms with Crippen molar-refractivity contribution in [2.45, 2.75) is 25.9 Å². The highest BCUT2D eigenvalue weighted by Crippen LogP contribution is 2.25. The zero-order valence-electron chi connectivity index (χ0n) is 14.1. The summed E-state index contributed by atoms with van der Waals surface area (Å²) in [5.41, 5.74) is 3.25. The number of nitrogens with zero attached hydrogens (tertiary/aromatic N) is 5. The van der Waals surface area contributed by atoms with E-state index in [0.717, 1.165) is 36.3 Å². The maximum atomic E-state index is 5.81. The largest absolute Gasteiger partial charge is 0.481 e. The predicted octanol–water partition coefficient (Wildman–Crippen LogP) is 2.02. The van der Waals surface area contributed by atoms with Crippen molar-refractivity contribution in [2.75, 3.05) is 13.7 Å². The Balaban J connectivity index is 1.43. The van der Waals surface area contributed by atoms with Gasteiger partial charge in [0.05, 0.1) is 25.8 Å². The van der Waals surface area contributed by atoms with E-state index in [1.165, 1.54) is 0 Å². The van der Waals surface area contributed by atoms with Crippen LogP contribution in [0.2, 0.25) is 0 Å². The highest BCUT2D eigenvalue weighted by Gasteiger charge is 2.23. The Labute approximate surface area is 145 Å². The molecule has 25 heavy (non-hydrogen) atoms. The number of ether oxygens (including phenoxy) is 1. The van der Waals surface area contributed by atoms with E-state index in [1.54, 1.807) is 13.4 Å². The molecule has 0 saturated heterocycles. The average Bonchev–Trinajstić information content (AvgIpc) is 3.09. The van der Waals surface area contributed by atoms with Gasteiger partial charge in [-0.15, -0.1) is 10.2 Å². The van der Waals surface area contributed by atoms with Crippen LogP contribution in [0.5, 0.6) is 5.88 Å². The Hall–Kier alpha value is -2.80. The van der Waals surface area contributed by atoms with Crippen molar-refractivity contribution >= 4 is 0 Å². The zero-order valence-corrected chi connectivity index (χ0v) is 14.1. The Morgan fingerprint density at radius 2 is 1.96 bits per heavy atom. The summed E-state index contributed by atoms with van der Waals surface area (Å²) in [4.78, 5) is 10.8. The molecule has 0 amide bonds. The summed E-state index contributed by atoms with van der Waals surface area (Å²) in [5, 5.41) is 8.35. The van der Waals surface area contributed by atoms with E-state index in [-0.39, 0.29) is 0 Å². The van der Waals surface area contributed by atoms with Gasteiger partial charge in [0.25, 0.3) is 0 Å². The van der Waals surface area contributed by atoms with Crippen molar-refractivity contribution in [3.63, 3.8) is 0 Å². The van der Waals surface area contributed by atoms with Gasteiger partial charge in [-0.1, -0.05) is 30.3 Å². The molecule has 7 heteroatoms. The van der Waals surface area contributed by atoms with Gasteiger partial charge >= 0.3 is 0 Å². The lowest BCUT2D eigenvalue weighted by atomic mass is 10.1. The Kier molecular flexibility index (Phi) is 4.39. The van der Waals surface area contributed by atoms with E-state index in [4.69, 9.17) is 9.15 Å². The van der Waals surface area contributed by atoms with Gasteiger partial charge in [0.1, 0.15) is 6.33 Å². The molecule has 1 aliphatic heterocycles. The summed E-state index contributed by atoms with van der Waals surface area (Å²) in [7, 11) is 1.63. The third kappa shape index (κ3) is 3.51. The molecule has 0 unspecified atom stereocenters. The van der Waals surface area contributed by atoms with E-state index in [9.17, 15) is 0 Å². The first-order valence-electron chi connectivity index (χ1n) is 8.26. The fraction of sp³-hybridized carbons (Fsp3) is 0.333. The SMILES string of the molecule is COc1ncnc2c1CN(Cc1nnc(Cc3ccccc3)o1)CC2. The molecule has 3 heterocycles. The lowest BCUT2D eigenvalue weighted by Crippen LogP contribution is -2.31. The molecule has 4 rings (SSSR count). The van der Waals surface area contributed by atoms with Crippen molar-refractivity contribution in [2.24, 2.45) is 0 Å². The van der Waals surface area contributed by atoms with Crippen LogP contribution in [0.15, 0.2) is 41.1 Å². The molecule has 0 fully saturated rings. The second-order valence-electron chi connectivity index (χ2n) is 6.02. The van der Waals surface area contributed by atoms with Crippen LogP contribution in [-0.4, -0.2) is 38.7 Å². The second kappa shape index (κ2) is 6.98. The van der Waals surface area contributed by atoms with E-state index in [0.29, 0.717) is 30.6 Å². The van der Waals surface area contributed by atoms with Crippen LogP contribution in [0.1, 0.15) is 28.6 Å². The third-order valence-electron chi connectivity index (χ3n) is 4.30. The molecule has 0 radical (unpaired) electrons. The van der Waals surface area contributed by atoms with Gasteiger partial charge in [0.15, 0.2) is 0 Å². The maximum absolute atomic E-state index is 5.81. The molecule has 1 aliphatic rings. The van der Waals surface area contributed by atoms with Crippen molar-refractivity contribution in [1.29, 1.82) is 0 Å². The molecule has 128 valence electrons. The number of methoxy groups -OCH3 is 1. The standard InChI is InChI=1S/C18H19N5O2/c1-24-18-14-10-23(8-7-15(14)19-12-20-18)11-17-22-21-16(25-17)9-13-5-3-2-4-6-13/h2-6,12H,7-11H2,1H3. The van der Waals surface area contributed by atoms with Crippen LogP contribution < -0.4 is 4.74 Å². The number of hydrogen-bond acceptors (Lipinski definition) is 7. The van der Waals surface area contributed by atoms with Gasteiger partial charge in [-0.3, -0.25) is 4.90 Å². The minimum atomic E-state index is 0.610. The highest BCUT2D eigenvalue weighted by molar-refractivity contribution is 5.31. The first-order chi connectivity index (χ1) is 12.3. The molecule has 0 spiro atoms. The molecule has 2 aromatic heterocycles. The molecule has 7 nitrogen and oxygen atoms in total. The molecule has 0 N–H and O–H groups in total. The summed E-state index contributed by atoms with van der Waals surface area (Å²) in [6, 6.07) is 10.1. The lowest BCUT2D eigenvalue weighted by Gasteiger charge is -2.27. The lowest BCUT2D eigenvalue weighted by molar-refractivity contribution is 0.212. The molecule has 0 atom stereocenters. The van der Waals surface area contributed by atoms with Crippen molar-refractivity contribution in [3.8, 4) is 5.88 Å². The fourth-order valence-corrected chi connectivity index (χ4v) is 3.07. The molecular weight excluding hydrogens is 318 g/mol. The van der Waals surface area contributed by atoms with Crippen LogP contribution in [0.3, 0.4) is 0 Å². The number of fused-ring (bicyclic) bond motifs is 1. The molecule has 1 aromatic carbocycles. The monoisotopic (exact) mass is 337 g/mol. The number of benzene rings is 1. The Morgan fingerprint density at radius 3 is 2.80 bits per heavy atom. The average molecular weight is 337 g/mol. The predicted molar refractivity (Wildman–Crippen MR) is 89.9 cm³/mol. The van der Waals surface area contributed by atoms with Crippen molar-refractivity contribution in [1.82, 2.24) is 25.1 Å². The first kappa shape index (κ1) is 15.7. The normalized spacial score (nSPS) is 14.3. The number of hydrogen-bond donors (Lipinski definition) is 0. The summed E-state index contributed by atoms with van der Waals surface area (Å²) in [5.74, 6) is 1.91. The van der Waals surface area contributed by atoms with Crippen LogP contribution in [0.25, 0.3) is 0 Å². The summed E-state index contributed by atoms with van der Waals surface area (Å²) in [6.07, 6.45) is 3.07. The molecule has 0 saturated carbocycles. The zero-order chi connectivity index (χ0) is 17.1. The van der Waals surface area contributed by atoms with Crippen molar-refractivity contribution < 1.29 is 9.15 Å². The fourth-order valence-electron chi connectivity index (χ4n) is 3.07. The van der Waals surface area contributed by atoms with Gasteiger partial charge in [0.2, 0.25) is 17.7 Å². The molecule has 0 aliphatic carbocycles. The molecular formula is C18H19N5O2. The van der Waals surface area contributed by atoms with E-state index in [1.807, 2.05) is 18.2 Å². The number of aromatic nitrogens is 4. The maximum Gasteiger partial charge on any atom is 0.230 e. The molecule has 3 aromatic rings. The minimum Gasteiger partial charge on any atom is -0.481 e. The topological polar surface area (TPSA) is 77.2 Å². The van der Waals surface area contributed by atoms with Crippen molar-refractivity contribution in [3.05, 3.63) is 65.3 Å². The van der Waals surface area contributed by atoms with Gasteiger partial charge < -0.3 is 9.15 Å². The van der Waals surface area contributed by atoms with Crippen LogP contribution >= 0.6 is 0 Å². The van der Waals surface area contributed by atoms with E-state index < -0.39 is 0 Å². The Morgan fingerprint density at radius 1 is 1.12 bits per heavy atom. The van der Waals surface area contributed by atoms with Crippen LogP contribution in [0.4, 0.5) is 0 Å². The van der Waals surface area contributed by atoms with Gasteiger partial charge in [-0.05, 0) is 5.56 Å². The minimum absolute atomic E-state index is 0.610. The summed E-state index contributed by atoms with van der Waals surface area (Å²) < 4.78 is 11.2. The summed E-state index contributed by atoms with van der Waals surface area (Å²) in [6.45, 7) is 2.22. The third-order valence-corrected chi connectivity index (χ3v) is 4.30. The van der Waals surface area contributed by atoms with Crippen LogP contribution in [-0.2, 0) is 25.9 Å². The smallest absolute Gasteiger partial charge is 0.230 e. The quantitative estimate of drug-likeness (QED) is 0.705. The van der Waals surface area contributed by atoms with Gasteiger partial charge in [-0.25, -0.2) is 9.97 Å². The number of rotatable bonds is 5. The van der Waals surface area contributed by atoms with E-state index >= 15 is 0 Å². The van der Waals surface area contributed by atoms with Gasteiger partial charge in [-0.2, -0.15) is 0 Å². The Bertz CT molecular complexity index is 835. The second-order valence-corrected chi connectivity index (χ2v) is 6.02. The molecule has 0 bridgehead atoms. The first-order valence-corrected chi connectivity index (χ1v) is 8.26. The van der Waals surface area contributed by atoms with Crippen LogP contribution in [0, 0.1) is 0 Å². The van der Waals surface area contributed by atoms with Gasteiger partial charge in [0, 0.05) is 25.1 Å². The highest BCUT2D eigenvalue weighted by atomic mass is 16.5. The van der Waals surface area contributed by atoms with E-state index in [2.05, 4.69) is 37.2 Å².